The summed E-state index contributed by atoms with van der Waals surface area (Å²) in [6.07, 6.45) is 3.19. The fourth-order valence-electron chi connectivity index (χ4n) is 1.64. The number of hydrogen-bond donors (Lipinski definition) is 0. The molecule has 1 heterocycles. The molecule has 11 heavy (non-hydrogen) atoms. The van der Waals surface area contributed by atoms with Gasteiger partial charge in [0.25, 0.3) is 0 Å². The zero-order valence-electron chi connectivity index (χ0n) is 7.67. The van der Waals surface area contributed by atoms with E-state index in [0.717, 1.165) is 6.61 Å². The smallest absolute Gasteiger partial charge is 0.107 e. The van der Waals surface area contributed by atoms with E-state index in [2.05, 4.69) is 13.8 Å². The Bertz CT molecular complexity index is 112. The Hall–Kier alpha value is -0.0800. The standard InChI is InChI=1S/C9H18O2/c1-4-5-7(2)9-8(10-3)6-11-9/h7-9H,4-6H2,1-3H3. The SMILES string of the molecule is CCCC(C)C1OCC1OC. The minimum absolute atomic E-state index is 0.358. The molecular weight excluding hydrogens is 140 g/mol. The Labute approximate surface area is 68.9 Å². The maximum absolute atomic E-state index is 5.42. The van der Waals surface area contributed by atoms with Crippen LogP contribution in [0.5, 0.6) is 0 Å². The number of ether oxygens (including phenoxy) is 2. The summed E-state index contributed by atoms with van der Waals surface area (Å²) < 4.78 is 10.7. The quantitative estimate of drug-likeness (QED) is 0.621. The molecule has 1 aliphatic heterocycles. The molecule has 2 nitrogen and oxygen atoms in total. The molecule has 2 heteroatoms. The molecule has 0 aromatic carbocycles. The lowest BCUT2D eigenvalue weighted by Crippen LogP contribution is -2.49. The van der Waals surface area contributed by atoms with Gasteiger partial charge in [-0.1, -0.05) is 20.3 Å². The van der Waals surface area contributed by atoms with Crippen molar-refractivity contribution in [3.05, 3.63) is 0 Å². The van der Waals surface area contributed by atoms with Crippen LogP contribution in [-0.2, 0) is 9.47 Å². The topological polar surface area (TPSA) is 18.5 Å². The highest BCUT2D eigenvalue weighted by Crippen LogP contribution is 2.26. The highest BCUT2D eigenvalue weighted by atomic mass is 16.6. The van der Waals surface area contributed by atoms with Gasteiger partial charge in [-0.15, -0.1) is 0 Å². The van der Waals surface area contributed by atoms with Gasteiger partial charge in [-0.25, -0.2) is 0 Å². The van der Waals surface area contributed by atoms with E-state index in [9.17, 15) is 0 Å². The van der Waals surface area contributed by atoms with Crippen LogP contribution in [0, 0.1) is 5.92 Å². The average molecular weight is 158 g/mol. The number of hydrogen-bond acceptors (Lipinski definition) is 2. The van der Waals surface area contributed by atoms with Crippen molar-refractivity contribution < 1.29 is 9.47 Å². The molecule has 0 amide bonds. The second kappa shape index (κ2) is 4.07. The van der Waals surface area contributed by atoms with Crippen molar-refractivity contribution in [3.8, 4) is 0 Å². The maximum atomic E-state index is 5.42. The molecule has 0 bridgehead atoms. The van der Waals surface area contributed by atoms with Gasteiger partial charge in [0.2, 0.25) is 0 Å². The first-order chi connectivity index (χ1) is 5.29. The molecule has 3 unspecified atom stereocenters. The molecule has 0 aromatic heterocycles. The first-order valence-corrected chi connectivity index (χ1v) is 4.44. The minimum Gasteiger partial charge on any atom is -0.376 e. The first-order valence-electron chi connectivity index (χ1n) is 4.44. The third-order valence-electron chi connectivity index (χ3n) is 2.43. The van der Waals surface area contributed by atoms with E-state index in [1.807, 2.05) is 0 Å². The largest absolute Gasteiger partial charge is 0.376 e. The molecule has 0 radical (unpaired) electrons. The summed E-state index contributed by atoms with van der Waals surface area (Å²) in [4.78, 5) is 0. The van der Waals surface area contributed by atoms with Crippen LogP contribution in [0.4, 0.5) is 0 Å². The normalized spacial score (nSPS) is 33.0. The number of rotatable bonds is 4. The lowest BCUT2D eigenvalue weighted by molar-refractivity contribution is -0.195. The molecule has 0 saturated carbocycles. The molecule has 0 aliphatic carbocycles. The van der Waals surface area contributed by atoms with Crippen molar-refractivity contribution in [2.75, 3.05) is 13.7 Å². The molecular formula is C9H18O2. The van der Waals surface area contributed by atoms with Crippen LogP contribution >= 0.6 is 0 Å². The van der Waals surface area contributed by atoms with Gasteiger partial charge in [-0.05, 0) is 12.3 Å². The van der Waals surface area contributed by atoms with Gasteiger partial charge in [0.1, 0.15) is 6.10 Å². The molecule has 0 spiro atoms. The average Bonchev–Trinajstić information content (AvgIpc) is 1.86. The Kier molecular flexibility index (Phi) is 3.34. The zero-order valence-corrected chi connectivity index (χ0v) is 7.67. The van der Waals surface area contributed by atoms with Gasteiger partial charge in [-0.3, -0.25) is 0 Å². The fraction of sp³-hybridized carbons (Fsp3) is 1.00. The fourth-order valence-corrected chi connectivity index (χ4v) is 1.64. The van der Waals surface area contributed by atoms with Crippen molar-refractivity contribution >= 4 is 0 Å². The molecule has 1 aliphatic rings. The Morgan fingerprint density at radius 2 is 2.36 bits per heavy atom. The molecule has 0 aromatic rings. The Balaban J connectivity index is 2.24. The van der Waals surface area contributed by atoms with Crippen molar-refractivity contribution in [1.82, 2.24) is 0 Å². The third-order valence-corrected chi connectivity index (χ3v) is 2.43. The predicted octanol–water partition coefficient (Wildman–Crippen LogP) is 1.84. The van der Waals surface area contributed by atoms with Gasteiger partial charge in [0.05, 0.1) is 12.7 Å². The maximum Gasteiger partial charge on any atom is 0.107 e. The van der Waals surface area contributed by atoms with Crippen LogP contribution in [0.1, 0.15) is 26.7 Å². The minimum atomic E-state index is 0.358. The van der Waals surface area contributed by atoms with E-state index < -0.39 is 0 Å². The van der Waals surface area contributed by atoms with E-state index in [1.54, 1.807) is 7.11 Å². The van der Waals surface area contributed by atoms with Crippen LogP contribution < -0.4 is 0 Å². The van der Waals surface area contributed by atoms with Crippen LogP contribution in [-0.4, -0.2) is 25.9 Å². The Morgan fingerprint density at radius 1 is 1.64 bits per heavy atom. The van der Waals surface area contributed by atoms with Crippen LogP contribution in [0.3, 0.4) is 0 Å². The van der Waals surface area contributed by atoms with Crippen molar-refractivity contribution in [2.45, 2.75) is 38.9 Å². The van der Waals surface area contributed by atoms with Crippen molar-refractivity contribution in [1.29, 1.82) is 0 Å². The summed E-state index contributed by atoms with van der Waals surface area (Å²) in [6, 6.07) is 0. The van der Waals surface area contributed by atoms with E-state index in [1.165, 1.54) is 12.8 Å². The van der Waals surface area contributed by atoms with Gasteiger partial charge >= 0.3 is 0 Å². The molecule has 66 valence electrons. The molecule has 1 rings (SSSR count). The van der Waals surface area contributed by atoms with Crippen molar-refractivity contribution in [3.63, 3.8) is 0 Å². The molecule has 3 atom stereocenters. The second-order valence-electron chi connectivity index (χ2n) is 3.34. The number of methoxy groups -OCH3 is 1. The van der Waals surface area contributed by atoms with Crippen LogP contribution in [0.2, 0.25) is 0 Å². The summed E-state index contributed by atoms with van der Waals surface area (Å²) in [7, 11) is 1.76. The van der Waals surface area contributed by atoms with E-state index in [-0.39, 0.29) is 0 Å². The van der Waals surface area contributed by atoms with Crippen molar-refractivity contribution in [2.24, 2.45) is 5.92 Å². The summed E-state index contributed by atoms with van der Waals surface area (Å²) in [5.74, 6) is 0.652. The summed E-state index contributed by atoms with van der Waals surface area (Å²) in [5.41, 5.74) is 0. The molecule has 1 saturated heterocycles. The second-order valence-corrected chi connectivity index (χ2v) is 3.34. The van der Waals surface area contributed by atoms with E-state index in [0.29, 0.717) is 18.1 Å². The monoisotopic (exact) mass is 158 g/mol. The van der Waals surface area contributed by atoms with Gasteiger partial charge in [0, 0.05) is 7.11 Å². The first kappa shape index (κ1) is 9.01. The van der Waals surface area contributed by atoms with Gasteiger partial charge < -0.3 is 9.47 Å². The lowest BCUT2D eigenvalue weighted by atomic mass is 9.92. The van der Waals surface area contributed by atoms with E-state index >= 15 is 0 Å². The Morgan fingerprint density at radius 3 is 2.73 bits per heavy atom. The summed E-state index contributed by atoms with van der Waals surface area (Å²) in [5, 5.41) is 0. The summed E-state index contributed by atoms with van der Waals surface area (Å²) in [6.45, 7) is 5.23. The highest BCUT2D eigenvalue weighted by Gasteiger charge is 2.35. The predicted molar refractivity (Wildman–Crippen MR) is 44.6 cm³/mol. The highest BCUT2D eigenvalue weighted by molar-refractivity contribution is 4.83. The summed E-state index contributed by atoms with van der Waals surface area (Å²) >= 11 is 0. The van der Waals surface area contributed by atoms with Gasteiger partial charge in [0.15, 0.2) is 0 Å². The van der Waals surface area contributed by atoms with Crippen LogP contribution in [0.15, 0.2) is 0 Å². The third kappa shape index (κ3) is 1.94. The lowest BCUT2D eigenvalue weighted by Gasteiger charge is -2.39. The molecule has 1 fully saturated rings. The van der Waals surface area contributed by atoms with Gasteiger partial charge in [-0.2, -0.15) is 0 Å². The van der Waals surface area contributed by atoms with E-state index in [4.69, 9.17) is 9.47 Å². The van der Waals surface area contributed by atoms with Crippen LogP contribution in [0.25, 0.3) is 0 Å². The zero-order chi connectivity index (χ0) is 8.27. The molecule has 0 N–H and O–H groups in total.